The number of piperidine rings is 2. The number of rotatable bonds is 10. The highest BCUT2D eigenvalue weighted by atomic mass is 16.1. The van der Waals surface area contributed by atoms with E-state index in [-0.39, 0.29) is 5.69 Å². The summed E-state index contributed by atoms with van der Waals surface area (Å²) in [6, 6.07) is 32.4. The van der Waals surface area contributed by atoms with Crippen LogP contribution in [-0.2, 0) is 33.4 Å². The van der Waals surface area contributed by atoms with E-state index in [4.69, 9.17) is 19.9 Å². The summed E-state index contributed by atoms with van der Waals surface area (Å²) in [5, 5.41) is 9.23. The first kappa shape index (κ1) is 50.4. The molecule has 0 bridgehead atoms. The summed E-state index contributed by atoms with van der Waals surface area (Å²) in [5.74, 6) is 2.64. The summed E-state index contributed by atoms with van der Waals surface area (Å²) in [5.41, 5.74) is 16.6. The van der Waals surface area contributed by atoms with Crippen LogP contribution >= 0.6 is 0 Å². The predicted molar refractivity (Wildman–Crippen MR) is 306 cm³/mol. The molecular formula is C62H73N11O. The lowest BCUT2D eigenvalue weighted by Crippen LogP contribution is -2.27. The molecule has 2 saturated heterocycles. The maximum Gasteiger partial charge on any atom is 0.328 e. The molecule has 0 amide bonds. The van der Waals surface area contributed by atoms with Gasteiger partial charge >= 0.3 is 5.69 Å². The average Bonchev–Trinajstić information content (AvgIpc) is 3.82. The third kappa shape index (κ3) is 10.5. The van der Waals surface area contributed by atoms with Gasteiger partial charge in [-0.2, -0.15) is 0 Å². The number of nitrogens with zero attached hydrogens (tertiary/aromatic N) is 9. The molecule has 12 rings (SSSR count). The van der Waals surface area contributed by atoms with Crippen molar-refractivity contribution in [2.75, 3.05) is 61.5 Å². The van der Waals surface area contributed by atoms with Crippen LogP contribution in [0.5, 0.6) is 0 Å². The number of aryl methyl sites for hydroxylation is 5. The van der Waals surface area contributed by atoms with Crippen LogP contribution < -0.4 is 31.0 Å². The van der Waals surface area contributed by atoms with Crippen LogP contribution in [0.2, 0.25) is 0 Å². The summed E-state index contributed by atoms with van der Waals surface area (Å²) in [7, 11) is 7.78. The minimum Gasteiger partial charge on any atom is -0.340 e. The zero-order chi connectivity index (χ0) is 51.3. The fraction of sp³-hybridized carbons (Fsp3) is 0.371. The number of hydrogen-bond acceptors (Lipinski definition) is 10. The maximum atomic E-state index is 12.4. The number of aromatic nitrogens is 6. The summed E-state index contributed by atoms with van der Waals surface area (Å²) in [6.45, 7) is 13.7. The minimum atomic E-state index is -0.00147. The van der Waals surface area contributed by atoms with Gasteiger partial charge in [0.15, 0.2) is 0 Å². The van der Waals surface area contributed by atoms with Crippen molar-refractivity contribution in [3.63, 3.8) is 0 Å². The SMILES string of the molecule is C=C1N(C)c2ccc(-c3cccc4cc(-c5ccc(CCC6CCNCC6)nc5)ncc34)cc2N1C.CC.Cn1c(=O)n(C)c2cc(N3CCCc4cc(-c5ccc(CCC6CCNCC6)nc5)ncc43)ccc21. The smallest absolute Gasteiger partial charge is 0.328 e. The van der Waals surface area contributed by atoms with Crippen molar-refractivity contribution in [2.24, 2.45) is 25.9 Å². The Morgan fingerprint density at radius 2 is 1.20 bits per heavy atom. The Kier molecular flexibility index (Phi) is 15.3. The molecule has 2 fully saturated rings. The summed E-state index contributed by atoms with van der Waals surface area (Å²) in [6.07, 6.45) is 19.8. The van der Waals surface area contributed by atoms with E-state index in [1.807, 2.05) is 58.8 Å². The highest BCUT2D eigenvalue weighted by Crippen LogP contribution is 2.43. The minimum absolute atomic E-state index is 0.00147. The number of imidazole rings is 1. The van der Waals surface area contributed by atoms with Crippen LogP contribution in [-0.4, -0.2) is 75.9 Å². The van der Waals surface area contributed by atoms with Crippen molar-refractivity contribution in [3.8, 4) is 33.6 Å². The molecule has 4 aliphatic heterocycles. The van der Waals surface area contributed by atoms with Crippen LogP contribution in [0.1, 0.15) is 75.7 Å². The molecule has 4 aliphatic rings. The van der Waals surface area contributed by atoms with Gasteiger partial charge in [0.2, 0.25) is 0 Å². The van der Waals surface area contributed by atoms with Gasteiger partial charge < -0.3 is 25.3 Å². The van der Waals surface area contributed by atoms with Gasteiger partial charge in [0.1, 0.15) is 5.82 Å². The Morgan fingerprint density at radius 1 is 0.595 bits per heavy atom. The number of nitrogens with one attached hydrogen (secondary N) is 2. The second kappa shape index (κ2) is 22.5. The Balaban J connectivity index is 0.000000164. The molecule has 74 heavy (non-hydrogen) atoms. The number of pyridine rings is 4. The van der Waals surface area contributed by atoms with Crippen molar-refractivity contribution in [1.29, 1.82) is 0 Å². The number of benzene rings is 3. The molecule has 9 heterocycles. The molecule has 0 atom stereocenters. The van der Waals surface area contributed by atoms with E-state index in [2.05, 4.69) is 131 Å². The van der Waals surface area contributed by atoms with Crippen LogP contribution in [0, 0.1) is 11.8 Å². The Hall–Kier alpha value is -7.15. The van der Waals surface area contributed by atoms with Gasteiger partial charge in [-0.15, -0.1) is 0 Å². The first-order valence-electron chi connectivity index (χ1n) is 27.1. The van der Waals surface area contributed by atoms with Gasteiger partial charge in [0.05, 0.1) is 45.7 Å². The van der Waals surface area contributed by atoms with E-state index in [1.165, 1.54) is 83.4 Å². The van der Waals surface area contributed by atoms with Gasteiger partial charge in [-0.1, -0.05) is 44.7 Å². The Bertz CT molecular complexity index is 3310. The van der Waals surface area contributed by atoms with Gasteiger partial charge in [0, 0.05) is 86.9 Å². The first-order chi connectivity index (χ1) is 36.2. The van der Waals surface area contributed by atoms with Gasteiger partial charge in [-0.25, -0.2) is 4.79 Å². The zero-order valence-electron chi connectivity index (χ0n) is 44.4. The zero-order valence-corrected chi connectivity index (χ0v) is 44.4. The molecular weight excluding hydrogens is 915 g/mol. The predicted octanol–water partition coefficient (Wildman–Crippen LogP) is 11.6. The molecule has 8 aromatic rings. The largest absolute Gasteiger partial charge is 0.340 e. The monoisotopic (exact) mass is 988 g/mol. The molecule has 0 unspecified atom stereocenters. The molecule has 0 aliphatic carbocycles. The van der Waals surface area contributed by atoms with Crippen LogP contribution in [0.25, 0.3) is 55.4 Å². The molecule has 0 saturated carbocycles. The molecule has 0 radical (unpaired) electrons. The lowest BCUT2D eigenvalue weighted by atomic mass is 9.92. The quantitative estimate of drug-likeness (QED) is 0.137. The highest BCUT2D eigenvalue weighted by Gasteiger charge is 2.26. The van der Waals surface area contributed by atoms with Crippen molar-refractivity contribution in [1.82, 2.24) is 39.7 Å². The lowest BCUT2D eigenvalue weighted by molar-refractivity contribution is 0.353. The first-order valence-corrected chi connectivity index (χ1v) is 27.1. The van der Waals surface area contributed by atoms with Gasteiger partial charge in [-0.3, -0.25) is 29.1 Å². The third-order valence-corrected chi connectivity index (χ3v) is 16.0. The normalized spacial score (nSPS) is 15.9. The number of hydrogen-bond donors (Lipinski definition) is 2. The third-order valence-electron chi connectivity index (χ3n) is 16.0. The topological polar surface area (TPSA) is 112 Å². The fourth-order valence-corrected chi connectivity index (χ4v) is 11.4. The van der Waals surface area contributed by atoms with Gasteiger partial charge in [-0.05, 0) is 191 Å². The van der Waals surface area contributed by atoms with Crippen molar-refractivity contribution in [2.45, 2.75) is 78.1 Å². The average molecular weight is 988 g/mol. The van der Waals surface area contributed by atoms with Crippen LogP contribution in [0.4, 0.5) is 22.7 Å². The fourth-order valence-electron chi connectivity index (χ4n) is 11.4. The van der Waals surface area contributed by atoms with Gasteiger partial charge in [0.25, 0.3) is 0 Å². The number of anilines is 4. The standard InChI is InChI=1S/C31H33N5.C29H34N6O.C2H6/c1-21-35(2)30-12-9-24(18-31(30)36(21)3)27-6-4-5-23-17-29(34-20-28(23)27)25-8-11-26(33-19-25)10-7-22-13-15-32-16-14-22;1-33-26-10-9-24(17-27(26)34(2)29(33)36)35-15-3-4-21-16-25(32-19-28(21)35)22-6-8-23(31-18-22)7-5-20-11-13-30-14-12-20;1-2/h4-6,8-9,11-12,17-20,22,32H,1,7,10,13-16H2,2-3H3;6,8-10,16-20,30H,3-5,7,11-15H2,1-2H3;1-2H3. The lowest BCUT2D eigenvalue weighted by Gasteiger charge is -2.31. The van der Waals surface area contributed by atoms with Crippen LogP contribution in [0.15, 0.2) is 133 Å². The van der Waals surface area contributed by atoms with Crippen LogP contribution in [0.3, 0.4) is 0 Å². The summed E-state index contributed by atoms with van der Waals surface area (Å²) in [4.78, 5) is 38.2. The Morgan fingerprint density at radius 3 is 1.85 bits per heavy atom. The summed E-state index contributed by atoms with van der Waals surface area (Å²) < 4.78 is 3.41. The molecule has 12 heteroatoms. The van der Waals surface area contributed by atoms with E-state index in [1.54, 1.807) is 9.13 Å². The molecule has 0 spiro atoms. The van der Waals surface area contributed by atoms with E-state index in [9.17, 15) is 4.79 Å². The second-order valence-corrected chi connectivity index (χ2v) is 20.4. The summed E-state index contributed by atoms with van der Waals surface area (Å²) >= 11 is 0. The van der Waals surface area contributed by atoms with Crippen molar-refractivity contribution in [3.05, 3.63) is 156 Å². The van der Waals surface area contributed by atoms with E-state index >= 15 is 0 Å². The molecule has 5 aromatic heterocycles. The Labute approximate surface area is 437 Å². The van der Waals surface area contributed by atoms with Crippen molar-refractivity contribution < 1.29 is 0 Å². The molecule has 3 aromatic carbocycles. The van der Waals surface area contributed by atoms with E-state index in [0.717, 1.165) is 126 Å². The molecule has 2 N–H and O–H groups in total. The van der Waals surface area contributed by atoms with E-state index < -0.39 is 0 Å². The highest BCUT2D eigenvalue weighted by molar-refractivity contribution is 5.99. The molecule has 12 nitrogen and oxygen atoms in total. The maximum absolute atomic E-state index is 12.4. The molecule has 382 valence electrons. The van der Waals surface area contributed by atoms with Crippen molar-refractivity contribution >= 4 is 44.6 Å². The van der Waals surface area contributed by atoms with E-state index in [0.29, 0.717) is 0 Å². The number of fused-ring (bicyclic) bond motifs is 4. The second-order valence-electron chi connectivity index (χ2n) is 20.4.